The fraction of sp³-hybridized carbons (Fsp3) is 0.250. The molecule has 0 bridgehead atoms. The van der Waals surface area contributed by atoms with Crippen molar-refractivity contribution in [2.45, 2.75) is 13.5 Å². The Hall–Kier alpha value is -1.76. The molecule has 0 aliphatic rings. The third-order valence-electron chi connectivity index (χ3n) is 1.27. The molecule has 0 amide bonds. The minimum atomic E-state index is -1.13. The normalized spacial score (nSPS) is 8.75. The highest BCUT2D eigenvalue weighted by Crippen LogP contribution is 1.93. The van der Waals surface area contributed by atoms with Crippen molar-refractivity contribution in [3.63, 3.8) is 0 Å². The molecule has 12 heavy (non-hydrogen) atoms. The number of carboxylic acid groups (broad SMARTS) is 1. The van der Waals surface area contributed by atoms with Crippen LogP contribution in [0.25, 0.3) is 0 Å². The van der Waals surface area contributed by atoms with Gasteiger partial charge in [0.15, 0.2) is 0 Å². The molecule has 0 saturated heterocycles. The summed E-state index contributed by atoms with van der Waals surface area (Å²) < 4.78 is 1.69. The van der Waals surface area contributed by atoms with Gasteiger partial charge in [0.1, 0.15) is 0 Å². The van der Waals surface area contributed by atoms with E-state index in [2.05, 4.69) is 11.0 Å². The Morgan fingerprint density at radius 1 is 1.83 bits per heavy atom. The van der Waals surface area contributed by atoms with Crippen LogP contribution in [-0.2, 0) is 11.3 Å². The van der Waals surface area contributed by atoms with Gasteiger partial charge in [-0.15, -0.1) is 0 Å². The van der Waals surface area contributed by atoms with Crippen molar-refractivity contribution in [2.24, 2.45) is 0 Å². The minimum absolute atomic E-state index is 0.624. The van der Waals surface area contributed by atoms with Gasteiger partial charge in [-0.3, -0.25) is 4.68 Å². The first-order valence-electron chi connectivity index (χ1n) is 3.49. The van der Waals surface area contributed by atoms with Crippen LogP contribution in [0.4, 0.5) is 0 Å². The topological polar surface area (TPSA) is 55.1 Å². The number of aryl methyl sites for hydroxylation is 1. The number of hydrogen-bond acceptors (Lipinski definition) is 2. The number of rotatable bonds is 1. The maximum Gasteiger partial charge on any atom is 0.382 e. The smallest absolute Gasteiger partial charge is 0.382 e. The second-order valence-electron chi connectivity index (χ2n) is 2.14. The van der Waals surface area contributed by atoms with E-state index in [1.165, 1.54) is 0 Å². The third kappa shape index (κ3) is 2.13. The molecule has 4 heteroatoms. The maximum absolute atomic E-state index is 10.0. The van der Waals surface area contributed by atoms with Gasteiger partial charge >= 0.3 is 5.97 Å². The molecule has 4 nitrogen and oxygen atoms in total. The summed E-state index contributed by atoms with van der Waals surface area (Å²) in [6, 6.07) is 0. The molecule has 1 rings (SSSR count). The molecule has 1 aromatic rings. The fourth-order valence-corrected chi connectivity index (χ4v) is 0.727. The highest BCUT2D eigenvalue weighted by atomic mass is 16.4. The predicted octanol–water partition coefficient (Wildman–Crippen LogP) is 0.339. The van der Waals surface area contributed by atoms with Gasteiger partial charge in [0.2, 0.25) is 0 Å². The Bertz CT molecular complexity index is 343. The number of carboxylic acids is 1. The third-order valence-corrected chi connectivity index (χ3v) is 1.27. The van der Waals surface area contributed by atoms with E-state index in [-0.39, 0.29) is 0 Å². The number of carbonyl (C=O) groups is 1. The molecular formula is C8H8N2O2. The van der Waals surface area contributed by atoms with E-state index in [0.717, 1.165) is 6.54 Å². The van der Waals surface area contributed by atoms with Crippen molar-refractivity contribution in [1.82, 2.24) is 9.78 Å². The van der Waals surface area contributed by atoms with Gasteiger partial charge in [-0.05, 0) is 6.92 Å². The van der Waals surface area contributed by atoms with Crippen molar-refractivity contribution in [3.05, 3.63) is 18.0 Å². The molecular weight excluding hydrogens is 156 g/mol. The van der Waals surface area contributed by atoms with Gasteiger partial charge in [0.05, 0.1) is 11.8 Å². The summed E-state index contributed by atoms with van der Waals surface area (Å²) in [5.74, 6) is 3.35. The summed E-state index contributed by atoms with van der Waals surface area (Å²) in [6.45, 7) is 2.70. The second kappa shape index (κ2) is 3.58. The Balaban J connectivity index is 2.78. The van der Waals surface area contributed by atoms with Gasteiger partial charge < -0.3 is 5.11 Å². The minimum Gasteiger partial charge on any atom is -0.472 e. The van der Waals surface area contributed by atoms with E-state index in [1.54, 1.807) is 17.1 Å². The highest BCUT2D eigenvalue weighted by molar-refractivity contribution is 5.87. The SMILES string of the molecule is CCn1cc(C#CC(=O)O)cn1. The number of aliphatic carboxylic acids is 1. The molecule has 0 unspecified atom stereocenters. The van der Waals surface area contributed by atoms with Gasteiger partial charge in [0, 0.05) is 18.7 Å². The number of aromatic nitrogens is 2. The molecule has 62 valence electrons. The molecule has 0 spiro atoms. The van der Waals surface area contributed by atoms with Crippen LogP contribution < -0.4 is 0 Å². The molecule has 0 aliphatic heterocycles. The Kier molecular flexibility index (Phi) is 2.49. The largest absolute Gasteiger partial charge is 0.472 e. The zero-order valence-corrected chi connectivity index (χ0v) is 6.61. The molecule has 1 N–H and O–H groups in total. The van der Waals surface area contributed by atoms with Gasteiger partial charge in [-0.2, -0.15) is 5.10 Å². The highest BCUT2D eigenvalue weighted by Gasteiger charge is 1.92. The summed E-state index contributed by atoms with van der Waals surface area (Å²) >= 11 is 0. The number of nitrogens with zero attached hydrogens (tertiary/aromatic N) is 2. The van der Waals surface area contributed by atoms with Crippen LogP contribution in [0, 0.1) is 11.8 Å². The van der Waals surface area contributed by atoms with Crippen molar-refractivity contribution in [2.75, 3.05) is 0 Å². The summed E-state index contributed by atoms with van der Waals surface area (Å²) in [6.07, 6.45) is 3.25. The van der Waals surface area contributed by atoms with Crippen molar-refractivity contribution in [3.8, 4) is 11.8 Å². The van der Waals surface area contributed by atoms with E-state index in [9.17, 15) is 4.79 Å². The monoisotopic (exact) mass is 164 g/mol. The lowest BCUT2D eigenvalue weighted by atomic mass is 10.4. The first-order valence-corrected chi connectivity index (χ1v) is 3.49. The zero-order valence-electron chi connectivity index (χ0n) is 6.61. The summed E-state index contributed by atoms with van der Waals surface area (Å²) in [5.41, 5.74) is 0.624. The molecule has 0 fully saturated rings. The molecule has 1 heterocycles. The van der Waals surface area contributed by atoms with Crippen LogP contribution >= 0.6 is 0 Å². The molecule has 0 atom stereocenters. The van der Waals surface area contributed by atoms with Crippen LogP contribution in [0.3, 0.4) is 0 Å². The summed E-state index contributed by atoms with van der Waals surface area (Å²) in [4.78, 5) is 10.0. The Labute approximate surface area is 69.8 Å². The van der Waals surface area contributed by atoms with Gasteiger partial charge in [-0.25, -0.2) is 4.79 Å². The van der Waals surface area contributed by atoms with Crippen LogP contribution in [0.5, 0.6) is 0 Å². The molecule has 0 aliphatic carbocycles. The zero-order chi connectivity index (χ0) is 8.97. The quantitative estimate of drug-likeness (QED) is 0.609. The summed E-state index contributed by atoms with van der Waals surface area (Å²) in [7, 11) is 0. The average molecular weight is 164 g/mol. The van der Waals surface area contributed by atoms with Crippen LogP contribution in [0.2, 0.25) is 0 Å². The van der Waals surface area contributed by atoms with E-state index < -0.39 is 5.97 Å². The summed E-state index contributed by atoms with van der Waals surface area (Å²) in [5, 5.41) is 12.2. The van der Waals surface area contributed by atoms with Gasteiger partial charge in [-0.1, -0.05) is 5.92 Å². The molecule has 0 saturated carbocycles. The molecule has 0 radical (unpaired) electrons. The van der Waals surface area contributed by atoms with Crippen LogP contribution in [0.1, 0.15) is 12.5 Å². The van der Waals surface area contributed by atoms with Crippen molar-refractivity contribution in [1.29, 1.82) is 0 Å². The van der Waals surface area contributed by atoms with Crippen LogP contribution in [0.15, 0.2) is 12.4 Å². The number of hydrogen-bond donors (Lipinski definition) is 1. The van der Waals surface area contributed by atoms with E-state index in [4.69, 9.17) is 5.11 Å². The first kappa shape index (κ1) is 8.34. The van der Waals surface area contributed by atoms with E-state index in [0.29, 0.717) is 5.56 Å². The Morgan fingerprint density at radius 3 is 3.08 bits per heavy atom. The van der Waals surface area contributed by atoms with E-state index in [1.807, 2.05) is 12.8 Å². The molecule has 1 aromatic heterocycles. The van der Waals surface area contributed by atoms with Gasteiger partial charge in [0.25, 0.3) is 0 Å². The lowest BCUT2D eigenvalue weighted by Crippen LogP contribution is -1.92. The van der Waals surface area contributed by atoms with Crippen molar-refractivity contribution < 1.29 is 9.90 Å². The lowest BCUT2D eigenvalue weighted by molar-refractivity contribution is -0.130. The van der Waals surface area contributed by atoms with Crippen molar-refractivity contribution >= 4 is 5.97 Å². The Morgan fingerprint density at radius 2 is 2.58 bits per heavy atom. The van der Waals surface area contributed by atoms with Crippen LogP contribution in [-0.4, -0.2) is 20.9 Å². The fourth-order valence-electron chi connectivity index (χ4n) is 0.727. The first-order chi connectivity index (χ1) is 5.72. The van der Waals surface area contributed by atoms with E-state index >= 15 is 0 Å². The lowest BCUT2D eigenvalue weighted by Gasteiger charge is -1.88. The average Bonchev–Trinajstić information content (AvgIpc) is 2.48. The standard InChI is InChI=1S/C8H8N2O2/c1-2-10-6-7(5-9-10)3-4-8(11)12/h5-6H,2H2,1H3,(H,11,12). The second-order valence-corrected chi connectivity index (χ2v) is 2.14. The maximum atomic E-state index is 10.0. The predicted molar refractivity (Wildman–Crippen MR) is 42.4 cm³/mol. The molecule has 0 aromatic carbocycles.